The summed E-state index contributed by atoms with van der Waals surface area (Å²) in [6, 6.07) is 15.2. The van der Waals surface area contributed by atoms with Gasteiger partial charge in [0, 0.05) is 5.70 Å². The number of esters is 2. The van der Waals surface area contributed by atoms with Gasteiger partial charge >= 0.3 is 11.9 Å². The molecule has 2 N–H and O–H groups in total. The van der Waals surface area contributed by atoms with E-state index in [9.17, 15) is 9.59 Å². The first kappa shape index (κ1) is 18.6. The Morgan fingerprint density at radius 1 is 1.00 bits per heavy atom. The standard InChI is InChI=1S/C20H18N2O4S/c1-12-16(19(24)25-2)17(22-20(27)21-12)13-8-10-15(11-9-13)26-18(23)14-6-4-3-5-7-14/h3-11,17H,1-2H3,(H2,21,22,27)/t17-/m0/s1. The van der Waals surface area contributed by atoms with Crippen molar-refractivity contribution < 1.29 is 19.1 Å². The van der Waals surface area contributed by atoms with E-state index in [1.807, 2.05) is 6.07 Å². The molecule has 1 aliphatic heterocycles. The van der Waals surface area contributed by atoms with Gasteiger partial charge in [-0.25, -0.2) is 9.59 Å². The Hall–Kier alpha value is -3.19. The molecule has 0 fully saturated rings. The Labute approximate surface area is 162 Å². The lowest BCUT2D eigenvalue weighted by Crippen LogP contribution is -2.45. The van der Waals surface area contributed by atoms with Gasteiger partial charge in [0.15, 0.2) is 5.11 Å². The monoisotopic (exact) mass is 382 g/mol. The van der Waals surface area contributed by atoms with Crippen LogP contribution in [0.2, 0.25) is 0 Å². The van der Waals surface area contributed by atoms with Crippen LogP contribution in [-0.4, -0.2) is 24.2 Å². The molecule has 27 heavy (non-hydrogen) atoms. The van der Waals surface area contributed by atoms with Crippen LogP contribution in [0.4, 0.5) is 0 Å². The molecule has 0 saturated heterocycles. The summed E-state index contributed by atoms with van der Waals surface area (Å²) in [7, 11) is 1.33. The molecule has 2 aromatic carbocycles. The number of methoxy groups -OCH3 is 1. The minimum atomic E-state index is -0.454. The second kappa shape index (κ2) is 8.01. The van der Waals surface area contributed by atoms with Crippen LogP contribution in [0, 0.1) is 0 Å². The molecule has 138 valence electrons. The summed E-state index contributed by atoms with van der Waals surface area (Å²) in [4.78, 5) is 24.3. The van der Waals surface area contributed by atoms with E-state index in [0.717, 1.165) is 5.56 Å². The number of allylic oxidation sites excluding steroid dienone is 1. The average molecular weight is 382 g/mol. The van der Waals surface area contributed by atoms with Gasteiger partial charge in [-0.3, -0.25) is 0 Å². The molecule has 0 saturated carbocycles. The predicted molar refractivity (Wildman–Crippen MR) is 104 cm³/mol. The zero-order valence-electron chi connectivity index (χ0n) is 14.8. The van der Waals surface area contributed by atoms with Crippen LogP contribution in [0.25, 0.3) is 0 Å². The lowest BCUT2D eigenvalue weighted by atomic mass is 9.95. The molecule has 0 spiro atoms. The quantitative estimate of drug-likeness (QED) is 0.478. The highest BCUT2D eigenvalue weighted by molar-refractivity contribution is 7.80. The Bertz CT molecular complexity index is 907. The highest BCUT2D eigenvalue weighted by Crippen LogP contribution is 2.28. The first-order valence-corrected chi connectivity index (χ1v) is 8.64. The van der Waals surface area contributed by atoms with Crippen LogP contribution < -0.4 is 15.4 Å². The van der Waals surface area contributed by atoms with E-state index < -0.39 is 18.0 Å². The van der Waals surface area contributed by atoms with Crippen molar-refractivity contribution in [3.8, 4) is 5.75 Å². The summed E-state index contributed by atoms with van der Waals surface area (Å²) in [6.45, 7) is 1.77. The lowest BCUT2D eigenvalue weighted by Gasteiger charge is -2.29. The highest BCUT2D eigenvalue weighted by atomic mass is 32.1. The molecule has 1 heterocycles. The SMILES string of the molecule is COC(=O)C1=C(C)NC(=S)N[C@H]1c1ccc(OC(=O)c2ccccc2)cc1. The van der Waals surface area contributed by atoms with Crippen LogP contribution in [0.15, 0.2) is 65.9 Å². The number of hydrogen-bond acceptors (Lipinski definition) is 5. The molecule has 0 aromatic heterocycles. The van der Waals surface area contributed by atoms with E-state index in [1.54, 1.807) is 55.5 Å². The van der Waals surface area contributed by atoms with Gasteiger partial charge < -0.3 is 20.1 Å². The van der Waals surface area contributed by atoms with Crippen molar-refractivity contribution in [1.29, 1.82) is 0 Å². The molecular formula is C20H18N2O4S. The lowest BCUT2D eigenvalue weighted by molar-refractivity contribution is -0.136. The van der Waals surface area contributed by atoms with Crippen molar-refractivity contribution in [2.75, 3.05) is 7.11 Å². The number of ether oxygens (including phenoxy) is 2. The maximum Gasteiger partial charge on any atom is 0.343 e. The van der Waals surface area contributed by atoms with Crippen molar-refractivity contribution in [2.45, 2.75) is 13.0 Å². The number of benzene rings is 2. The Morgan fingerprint density at radius 3 is 2.30 bits per heavy atom. The van der Waals surface area contributed by atoms with Crippen molar-refractivity contribution in [1.82, 2.24) is 10.6 Å². The Kier molecular flexibility index (Phi) is 5.52. The number of hydrogen-bond donors (Lipinski definition) is 2. The molecule has 2 aromatic rings. The summed E-state index contributed by atoms with van der Waals surface area (Å²) in [5.41, 5.74) is 2.34. The number of carbonyl (C=O) groups is 2. The van der Waals surface area contributed by atoms with Crippen LogP contribution in [0.3, 0.4) is 0 Å². The molecule has 0 amide bonds. The van der Waals surface area contributed by atoms with Crippen LogP contribution in [0.1, 0.15) is 28.9 Å². The molecule has 1 atom stereocenters. The van der Waals surface area contributed by atoms with Crippen LogP contribution in [-0.2, 0) is 9.53 Å². The van der Waals surface area contributed by atoms with Crippen LogP contribution >= 0.6 is 12.2 Å². The van der Waals surface area contributed by atoms with Crippen molar-refractivity contribution in [2.24, 2.45) is 0 Å². The molecule has 0 aliphatic carbocycles. The van der Waals surface area contributed by atoms with Gasteiger partial charge in [-0.1, -0.05) is 30.3 Å². The summed E-state index contributed by atoms with van der Waals surface area (Å²) in [5, 5.41) is 6.42. The zero-order chi connectivity index (χ0) is 19.4. The molecule has 3 rings (SSSR count). The third-order valence-electron chi connectivity index (χ3n) is 4.11. The minimum Gasteiger partial charge on any atom is -0.466 e. The van der Waals surface area contributed by atoms with Gasteiger partial charge in [0.1, 0.15) is 5.75 Å². The van der Waals surface area contributed by atoms with Crippen LogP contribution in [0.5, 0.6) is 5.75 Å². The fourth-order valence-corrected chi connectivity index (χ4v) is 3.06. The Morgan fingerprint density at radius 2 is 1.67 bits per heavy atom. The maximum absolute atomic E-state index is 12.2. The zero-order valence-corrected chi connectivity index (χ0v) is 15.6. The van der Waals surface area contributed by atoms with Gasteiger partial charge in [0.2, 0.25) is 0 Å². The number of rotatable bonds is 4. The first-order valence-electron chi connectivity index (χ1n) is 8.23. The largest absolute Gasteiger partial charge is 0.466 e. The fourth-order valence-electron chi connectivity index (χ4n) is 2.79. The number of nitrogens with one attached hydrogen (secondary N) is 2. The number of thiocarbonyl (C=S) groups is 1. The molecule has 0 unspecified atom stereocenters. The molecule has 0 bridgehead atoms. The van der Waals surface area contributed by atoms with E-state index >= 15 is 0 Å². The molecule has 6 nitrogen and oxygen atoms in total. The van der Waals surface area contributed by atoms with Gasteiger partial charge in [-0.15, -0.1) is 0 Å². The van der Waals surface area contributed by atoms with Crippen molar-refractivity contribution in [3.05, 3.63) is 77.0 Å². The maximum atomic E-state index is 12.2. The summed E-state index contributed by atoms with van der Waals surface area (Å²) in [5.74, 6) is -0.473. The van der Waals surface area contributed by atoms with E-state index in [-0.39, 0.29) is 0 Å². The second-order valence-electron chi connectivity index (χ2n) is 5.89. The third kappa shape index (κ3) is 4.15. The van der Waals surface area contributed by atoms with Gasteiger partial charge in [0.25, 0.3) is 0 Å². The minimum absolute atomic E-state index is 0.407. The summed E-state index contributed by atoms with van der Waals surface area (Å²) < 4.78 is 10.3. The smallest absolute Gasteiger partial charge is 0.343 e. The third-order valence-corrected chi connectivity index (χ3v) is 4.33. The summed E-state index contributed by atoms with van der Waals surface area (Å²) >= 11 is 5.19. The molecular weight excluding hydrogens is 364 g/mol. The van der Waals surface area contributed by atoms with Gasteiger partial charge in [0.05, 0.1) is 24.3 Å². The van der Waals surface area contributed by atoms with Crippen molar-refractivity contribution >= 4 is 29.3 Å². The van der Waals surface area contributed by atoms with E-state index in [2.05, 4.69) is 10.6 Å². The molecule has 0 radical (unpaired) electrons. The summed E-state index contributed by atoms with van der Waals surface area (Å²) in [6.07, 6.45) is 0. The average Bonchev–Trinajstić information content (AvgIpc) is 2.68. The second-order valence-corrected chi connectivity index (χ2v) is 6.29. The fraction of sp³-hybridized carbons (Fsp3) is 0.150. The normalized spacial score (nSPS) is 16.2. The topological polar surface area (TPSA) is 76.7 Å². The highest BCUT2D eigenvalue weighted by Gasteiger charge is 2.30. The van der Waals surface area contributed by atoms with Crippen molar-refractivity contribution in [3.63, 3.8) is 0 Å². The van der Waals surface area contributed by atoms with E-state index in [4.69, 9.17) is 21.7 Å². The van der Waals surface area contributed by atoms with Gasteiger partial charge in [-0.05, 0) is 49.0 Å². The van der Waals surface area contributed by atoms with E-state index in [0.29, 0.717) is 27.7 Å². The first-order chi connectivity index (χ1) is 13.0. The Balaban J connectivity index is 1.82. The molecule has 1 aliphatic rings. The van der Waals surface area contributed by atoms with E-state index in [1.165, 1.54) is 7.11 Å². The predicted octanol–water partition coefficient (Wildman–Crippen LogP) is 2.87. The van der Waals surface area contributed by atoms with Gasteiger partial charge in [-0.2, -0.15) is 0 Å². The number of carbonyl (C=O) groups excluding carboxylic acids is 2. The molecule has 7 heteroatoms.